The number of aliphatic hydroxyl groups is 1. The van der Waals surface area contributed by atoms with Crippen LogP contribution in [-0.4, -0.2) is 73.2 Å². The Kier molecular flexibility index (Phi) is 6.28. The first-order valence-corrected chi connectivity index (χ1v) is 9.42. The summed E-state index contributed by atoms with van der Waals surface area (Å²) < 4.78 is 0. The fraction of sp³-hybridized carbons (Fsp3) is 0.700. The quantitative estimate of drug-likeness (QED) is 0.826. The molecule has 2 aliphatic heterocycles. The van der Waals surface area contributed by atoms with Gasteiger partial charge in [0.15, 0.2) is 0 Å². The summed E-state index contributed by atoms with van der Waals surface area (Å²) in [5, 5.41) is 9.79. The molecule has 0 spiro atoms. The zero-order chi connectivity index (χ0) is 16.9. The van der Waals surface area contributed by atoms with E-state index < -0.39 is 0 Å². The average molecular weight is 332 g/mol. The summed E-state index contributed by atoms with van der Waals surface area (Å²) >= 11 is 0. The molecule has 0 aromatic heterocycles. The number of hydrogen-bond acceptors (Lipinski definition) is 4. The van der Waals surface area contributed by atoms with Crippen molar-refractivity contribution in [3.63, 3.8) is 0 Å². The number of nitrogens with zero attached hydrogens (tertiary/aromatic N) is 3. The van der Waals surface area contributed by atoms with Gasteiger partial charge in [-0.1, -0.05) is 24.3 Å². The minimum atomic E-state index is 0.329. The van der Waals surface area contributed by atoms with Crippen LogP contribution in [0, 0.1) is 11.8 Å². The number of hydrogen-bond donors (Lipinski definition) is 1. The van der Waals surface area contributed by atoms with E-state index in [2.05, 4.69) is 53.1 Å². The molecular formula is C20H33N3O. The van der Waals surface area contributed by atoms with Crippen LogP contribution in [0.2, 0.25) is 0 Å². The molecule has 2 saturated heterocycles. The van der Waals surface area contributed by atoms with Gasteiger partial charge in [-0.05, 0) is 63.0 Å². The lowest BCUT2D eigenvalue weighted by Crippen LogP contribution is -2.31. The molecule has 0 amide bonds. The summed E-state index contributed by atoms with van der Waals surface area (Å²) in [5.74, 6) is 1.06. The lowest BCUT2D eigenvalue weighted by molar-refractivity contribution is 0.175. The number of aliphatic hydroxyl groups excluding tert-OH is 1. The zero-order valence-corrected chi connectivity index (χ0v) is 15.3. The van der Waals surface area contributed by atoms with Crippen molar-refractivity contribution in [1.29, 1.82) is 0 Å². The summed E-state index contributed by atoms with van der Waals surface area (Å²) in [7, 11) is 4.23. The Morgan fingerprint density at radius 3 is 2.46 bits per heavy atom. The highest BCUT2D eigenvalue weighted by Gasteiger charge is 2.33. The topological polar surface area (TPSA) is 30.0 Å². The van der Waals surface area contributed by atoms with Gasteiger partial charge in [0.1, 0.15) is 0 Å². The van der Waals surface area contributed by atoms with Crippen LogP contribution in [0.25, 0.3) is 0 Å². The standard InChI is InChI=1S/C20H33N3O/c1-21(2)11-17-6-5-7-18(10-17)12-23-14-19(20(15-23)16-24)13-22-8-3-4-9-22/h5-7,10,19-20,24H,3-4,8-9,11-16H2,1-2H3. The van der Waals surface area contributed by atoms with E-state index in [4.69, 9.17) is 0 Å². The van der Waals surface area contributed by atoms with Crippen molar-refractivity contribution in [2.75, 3.05) is 53.4 Å². The second kappa shape index (κ2) is 8.43. The molecule has 2 unspecified atom stereocenters. The highest BCUT2D eigenvalue weighted by Crippen LogP contribution is 2.27. The third-order valence-corrected chi connectivity index (χ3v) is 5.47. The summed E-state index contributed by atoms with van der Waals surface area (Å²) in [4.78, 5) is 7.34. The van der Waals surface area contributed by atoms with Crippen LogP contribution in [0.1, 0.15) is 24.0 Å². The number of rotatable bonds is 7. The van der Waals surface area contributed by atoms with Crippen LogP contribution in [0.4, 0.5) is 0 Å². The molecule has 4 heteroatoms. The molecule has 134 valence electrons. The predicted molar refractivity (Wildman–Crippen MR) is 98.8 cm³/mol. The van der Waals surface area contributed by atoms with E-state index in [1.807, 2.05) is 0 Å². The minimum Gasteiger partial charge on any atom is -0.396 e. The SMILES string of the molecule is CN(C)Cc1cccc(CN2CC(CO)C(CN3CCCC3)C2)c1. The Bertz CT molecular complexity index is 513. The molecule has 0 radical (unpaired) electrons. The number of likely N-dealkylation sites (tertiary alicyclic amines) is 2. The predicted octanol–water partition coefficient (Wildman–Crippen LogP) is 1.88. The van der Waals surface area contributed by atoms with Gasteiger partial charge < -0.3 is 14.9 Å². The molecule has 0 saturated carbocycles. The molecular weight excluding hydrogens is 298 g/mol. The molecule has 2 atom stereocenters. The molecule has 3 rings (SSSR count). The highest BCUT2D eigenvalue weighted by molar-refractivity contribution is 5.23. The highest BCUT2D eigenvalue weighted by atomic mass is 16.3. The van der Waals surface area contributed by atoms with Gasteiger partial charge in [0.25, 0.3) is 0 Å². The maximum absolute atomic E-state index is 9.79. The normalized spacial score (nSPS) is 25.8. The first-order valence-electron chi connectivity index (χ1n) is 9.42. The van der Waals surface area contributed by atoms with Gasteiger partial charge in [0.2, 0.25) is 0 Å². The van der Waals surface area contributed by atoms with E-state index >= 15 is 0 Å². The van der Waals surface area contributed by atoms with Crippen molar-refractivity contribution < 1.29 is 5.11 Å². The fourth-order valence-corrected chi connectivity index (χ4v) is 4.33. The summed E-state index contributed by atoms with van der Waals surface area (Å²) in [5.41, 5.74) is 2.77. The second-order valence-electron chi connectivity index (χ2n) is 7.96. The van der Waals surface area contributed by atoms with Crippen LogP contribution < -0.4 is 0 Å². The van der Waals surface area contributed by atoms with Gasteiger partial charge in [-0.3, -0.25) is 4.90 Å². The molecule has 0 aliphatic carbocycles. The Morgan fingerprint density at radius 1 is 1.04 bits per heavy atom. The number of benzene rings is 1. The molecule has 24 heavy (non-hydrogen) atoms. The lowest BCUT2D eigenvalue weighted by atomic mass is 9.96. The summed E-state index contributed by atoms with van der Waals surface area (Å²) in [6.45, 7) is 8.16. The second-order valence-corrected chi connectivity index (χ2v) is 7.96. The van der Waals surface area contributed by atoms with Crippen LogP contribution in [-0.2, 0) is 13.1 Å². The summed E-state index contributed by atoms with van der Waals surface area (Å²) in [6.07, 6.45) is 2.69. The van der Waals surface area contributed by atoms with Crippen molar-refractivity contribution in [2.24, 2.45) is 11.8 Å². The van der Waals surface area contributed by atoms with Crippen molar-refractivity contribution in [3.8, 4) is 0 Å². The van der Waals surface area contributed by atoms with Gasteiger partial charge in [-0.2, -0.15) is 0 Å². The maximum Gasteiger partial charge on any atom is 0.0475 e. The van der Waals surface area contributed by atoms with Gasteiger partial charge >= 0.3 is 0 Å². The molecule has 0 bridgehead atoms. The van der Waals surface area contributed by atoms with E-state index in [1.54, 1.807) is 0 Å². The molecule has 2 fully saturated rings. The molecule has 1 aromatic carbocycles. The maximum atomic E-state index is 9.79. The van der Waals surface area contributed by atoms with E-state index in [9.17, 15) is 5.11 Å². The average Bonchev–Trinajstić information content (AvgIpc) is 3.17. The monoisotopic (exact) mass is 331 g/mol. The van der Waals surface area contributed by atoms with Crippen LogP contribution >= 0.6 is 0 Å². The van der Waals surface area contributed by atoms with E-state index in [0.29, 0.717) is 18.4 Å². The largest absolute Gasteiger partial charge is 0.396 e. The molecule has 2 heterocycles. The van der Waals surface area contributed by atoms with Crippen LogP contribution in [0.5, 0.6) is 0 Å². The van der Waals surface area contributed by atoms with Gasteiger partial charge in [0, 0.05) is 39.3 Å². The Morgan fingerprint density at radius 2 is 1.75 bits per heavy atom. The van der Waals surface area contributed by atoms with Crippen molar-refractivity contribution in [3.05, 3.63) is 35.4 Å². The lowest BCUT2D eigenvalue weighted by Gasteiger charge is -2.23. The molecule has 1 N–H and O–H groups in total. The minimum absolute atomic E-state index is 0.329. The van der Waals surface area contributed by atoms with Crippen LogP contribution in [0.15, 0.2) is 24.3 Å². The zero-order valence-electron chi connectivity index (χ0n) is 15.3. The smallest absolute Gasteiger partial charge is 0.0475 e. The van der Waals surface area contributed by atoms with Gasteiger partial charge in [-0.15, -0.1) is 0 Å². The third-order valence-electron chi connectivity index (χ3n) is 5.47. The Balaban J connectivity index is 1.57. The molecule has 1 aromatic rings. The Labute approximate surface area is 147 Å². The van der Waals surface area contributed by atoms with Gasteiger partial charge in [0.05, 0.1) is 0 Å². The van der Waals surface area contributed by atoms with E-state index in [-0.39, 0.29) is 0 Å². The van der Waals surface area contributed by atoms with E-state index in [0.717, 1.165) is 26.2 Å². The van der Waals surface area contributed by atoms with Crippen molar-refractivity contribution >= 4 is 0 Å². The van der Waals surface area contributed by atoms with Crippen molar-refractivity contribution in [2.45, 2.75) is 25.9 Å². The van der Waals surface area contributed by atoms with Crippen LogP contribution in [0.3, 0.4) is 0 Å². The molecule has 4 nitrogen and oxygen atoms in total. The van der Waals surface area contributed by atoms with E-state index in [1.165, 1.54) is 43.6 Å². The first-order chi connectivity index (χ1) is 11.6. The summed E-state index contributed by atoms with van der Waals surface area (Å²) in [6, 6.07) is 8.96. The molecule has 2 aliphatic rings. The third kappa shape index (κ3) is 4.79. The Hall–Kier alpha value is -0.940. The van der Waals surface area contributed by atoms with Gasteiger partial charge in [-0.25, -0.2) is 0 Å². The first kappa shape index (κ1) is 17.9. The fourth-order valence-electron chi connectivity index (χ4n) is 4.33. The van der Waals surface area contributed by atoms with Crippen molar-refractivity contribution in [1.82, 2.24) is 14.7 Å².